The Labute approximate surface area is 107 Å². The quantitative estimate of drug-likeness (QED) is 0.679. The Morgan fingerprint density at radius 1 is 1.00 bits per heavy atom. The number of hydrogen-bond donors (Lipinski definition) is 0. The highest BCUT2D eigenvalue weighted by molar-refractivity contribution is 7.11. The molecular formula is C12H22N2S2. The van der Waals surface area contributed by atoms with Crippen molar-refractivity contribution in [3.05, 3.63) is 32.2 Å². The molecule has 2 aromatic heterocycles. The van der Waals surface area contributed by atoms with E-state index in [-0.39, 0.29) is 14.9 Å². The number of rotatable bonds is 0. The average Bonchev–Trinajstić information content (AvgIpc) is 2.63. The molecule has 0 spiro atoms. The summed E-state index contributed by atoms with van der Waals surface area (Å²) in [5.74, 6) is 0. The zero-order valence-electron chi connectivity index (χ0n) is 8.87. The van der Waals surface area contributed by atoms with Gasteiger partial charge in [0, 0.05) is 22.1 Å². The van der Waals surface area contributed by atoms with Gasteiger partial charge in [-0.1, -0.05) is 14.9 Å². The Morgan fingerprint density at radius 2 is 1.62 bits per heavy atom. The molecule has 0 radical (unpaired) electrons. The molecule has 2 rings (SSSR count). The molecule has 0 aromatic carbocycles. The van der Waals surface area contributed by atoms with Gasteiger partial charge in [0.25, 0.3) is 0 Å². The number of nitrogens with zero attached hydrogens (tertiary/aromatic N) is 2. The minimum atomic E-state index is 0. The molecule has 16 heavy (non-hydrogen) atoms. The molecule has 0 amide bonds. The Hall–Kier alpha value is -0.740. The second-order valence-corrected chi connectivity index (χ2v) is 5.50. The van der Waals surface area contributed by atoms with Gasteiger partial charge in [0.05, 0.1) is 10.0 Å². The van der Waals surface area contributed by atoms with Gasteiger partial charge in [0.1, 0.15) is 0 Å². The van der Waals surface area contributed by atoms with Crippen molar-refractivity contribution in [1.82, 2.24) is 9.97 Å². The minimum Gasteiger partial charge on any atom is -0.250 e. The molecular weight excluding hydrogens is 236 g/mol. The summed E-state index contributed by atoms with van der Waals surface area (Å²) in [4.78, 5) is 9.45. The second-order valence-electron chi connectivity index (χ2n) is 3.00. The summed E-state index contributed by atoms with van der Waals surface area (Å²) in [7, 11) is 0. The van der Waals surface area contributed by atoms with Crippen LogP contribution in [0, 0.1) is 27.7 Å². The molecule has 4 heteroatoms. The second kappa shape index (κ2) is 8.42. The Bertz CT molecular complexity index is 320. The smallest absolute Gasteiger partial charge is 0.0897 e. The van der Waals surface area contributed by atoms with Crippen molar-refractivity contribution in [2.75, 3.05) is 0 Å². The van der Waals surface area contributed by atoms with E-state index in [9.17, 15) is 0 Å². The highest BCUT2D eigenvalue weighted by atomic mass is 32.1. The first-order chi connectivity index (χ1) is 6.58. The predicted octanol–water partition coefficient (Wildman–Crippen LogP) is 4.79. The molecule has 0 saturated heterocycles. The number of aromatic nitrogens is 2. The fraction of sp³-hybridized carbons (Fsp3) is 0.500. The van der Waals surface area contributed by atoms with Crippen molar-refractivity contribution >= 4 is 22.7 Å². The van der Waals surface area contributed by atoms with E-state index in [1.54, 1.807) is 22.7 Å². The molecule has 92 valence electrons. The topological polar surface area (TPSA) is 25.8 Å². The van der Waals surface area contributed by atoms with E-state index in [1.807, 2.05) is 27.0 Å². The van der Waals surface area contributed by atoms with Crippen LogP contribution in [0.3, 0.4) is 0 Å². The van der Waals surface area contributed by atoms with Crippen molar-refractivity contribution < 1.29 is 0 Å². The molecule has 0 bridgehead atoms. The standard InChI is InChI=1S/2C5H7NS.2CH4/c1-4-3-7-5(2)6-4;1-4-3-6-5(2)7-4;;/h2*3H,1-2H3;2*1H4. The zero-order chi connectivity index (χ0) is 10.6. The van der Waals surface area contributed by atoms with E-state index in [4.69, 9.17) is 0 Å². The summed E-state index contributed by atoms with van der Waals surface area (Å²) in [6.45, 7) is 8.09. The van der Waals surface area contributed by atoms with Gasteiger partial charge < -0.3 is 0 Å². The third-order valence-electron chi connectivity index (χ3n) is 1.47. The molecule has 0 aliphatic carbocycles. The zero-order valence-corrected chi connectivity index (χ0v) is 10.5. The molecule has 0 N–H and O–H groups in total. The van der Waals surface area contributed by atoms with Crippen LogP contribution in [-0.4, -0.2) is 9.97 Å². The van der Waals surface area contributed by atoms with Crippen LogP contribution >= 0.6 is 22.7 Å². The first-order valence-corrected chi connectivity index (χ1v) is 6.05. The van der Waals surface area contributed by atoms with E-state index in [0.29, 0.717) is 0 Å². The summed E-state index contributed by atoms with van der Waals surface area (Å²) < 4.78 is 0. The summed E-state index contributed by atoms with van der Waals surface area (Å²) in [6.07, 6.45) is 1.89. The normalized spacial score (nSPS) is 8.25. The van der Waals surface area contributed by atoms with Crippen molar-refractivity contribution in [1.29, 1.82) is 0 Å². The van der Waals surface area contributed by atoms with Gasteiger partial charge >= 0.3 is 0 Å². The lowest BCUT2D eigenvalue weighted by atomic mass is 10.6. The average molecular weight is 258 g/mol. The third kappa shape index (κ3) is 6.69. The third-order valence-corrected chi connectivity index (χ3v) is 3.19. The van der Waals surface area contributed by atoms with Gasteiger partial charge in [-0.15, -0.1) is 22.7 Å². The van der Waals surface area contributed by atoms with Gasteiger partial charge in [-0.25, -0.2) is 9.97 Å². The van der Waals surface area contributed by atoms with Crippen LogP contribution in [0.15, 0.2) is 11.6 Å². The number of thiazole rings is 2. The lowest BCUT2D eigenvalue weighted by molar-refractivity contribution is 1.20. The van der Waals surface area contributed by atoms with Crippen molar-refractivity contribution in [2.45, 2.75) is 42.5 Å². The Morgan fingerprint density at radius 3 is 1.75 bits per heavy atom. The van der Waals surface area contributed by atoms with Crippen LogP contribution in [0.25, 0.3) is 0 Å². The monoisotopic (exact) mass is 258 g/mol. The first-order valence-electron chi connectivity index (χ1n) is 4.35. The van der Waals surface area contributed by atoms with Crippen LogP contribution in [0.1, 0.15) is 35.4 Å². The maximum absolute atomic E-state index is 4.13. The molecule has 0 aliphatic heterocycles. The summed E-state index contributed by atoms with van der Waals surface area (Å²) >= 11 is 3.42. The van der Waals surface area contributed by atoms with E-state index in [2.05, 4.69) is 22.3 Å². The van der Waals surface area contributed by atoms with Crippen molar-refractivity contribution in [3.8, 4) is 0 Å². The number of hydrogen-bond acceptors (Lipinski definition) is 4. The van der Waals surface area contributed by atoms with Gasteiger partial charge in [0.2, 0.25) is 0 Å². The van der Waals surface area contributed by atoms with Crippen LogP contribution < -0.4 is 0 Å². The molecule has 2 aromatic rings. The van der Waals surface area contributed by atoms with Crippen LogP contribution in [-0.2, 0) is 0 Å². The molecule has 2 heterocycles. The SMILES string of the molecule is C.C.Cc1cnc(C)s1.Cc1csc(C)n1. The van der Waals surface area contributed by atoms with Gasteiger partial charge in [-0.05, 0) is 27.7 Å². The van der Waals surface area contributed by atoms with E-state index in [0.717, 1.165) is 15.7 Å². The molecule has 0 atom stereocenters. The highest BCUT2D eigenvalue weighted by Gasteiger charge is 1.86. The Balaban J connectivity index is 0. The lowest BCUT2D eigenvalue weighted by Gasteiger charge is -1.71. The largest absolute Gasteiger partial charge is 0.250 e. The van der Waals surface area contributed by atoms with Crippen LogP contribution in [0.2, 0.25) is 0 Å². The predicted molar refractivity (Wildman–Crippen MR) is 76.6 cm³/mol. The summed E-state index contributed by atoms with van der Waals surface area (Å²) in [6, 6.07) is 0. The summed E-state index contributed by atoms with van der Waals surface area (Å²) in [5, 5.41) is 4.35. The maximum Gasteiger partial charge on any atom is 0.0897 e. The lowest BCUT2D eigenvalue weighted by Crippen LogP contribution is -1.67. The molecule has 0 unspecified atom stereocenters. The van der Waals surface area contributed by atoms with Gasteiger partial charge in [-0.3, -0.25) is 0 Å². The van der Waals surface area contributed by atoms with E-state index in [1.165, 1.54) is 4.88 Å². The number of aryl methyl sites for hydroxylation is 4. The first kappa shape index (κ1) is 17.6. The molecule has 0 fully saturated rings. The minimum absolute atomic E-state index is 0. The van der Waals surface area contributed by atoms with Crippen LogP contribution in [0.5, 0.6) is 0 Å². The molecule has 0 aliphatic rings. The fourth-order valence-electron chi connectivity index (χ4n) is 0.939. The van der Waals surface area contributed by atoms with E-state index < -0.39 is 0 Å². The fourth-order valence-corrected chi connectivity index (χ4v) is 2.21. The summed E-state index contributed by atoms with van der Waals surface area (Å²) in [5.41, 5.74) is 1.13. The highest BCUT2D eigenvalue weighted by Crippen LogP contribution is 2.07. The van der Waals surface area contributed by atoms with E-state index >= 15 is 0 Å². The van der Waals surface area contributed by atoms with Crippen molar-refractivity contribution in [2.24, 2.45) is 0 Å². The molecule has 0 saturated carbocycles. The van der Waals surface area contributed by atoms with Gasteiger partial charge in [-0.2, -0.15) is 0 Å². The Kier molecular flexibility index (Phi) is 9.28. The molecule has 2 nitrogen and oxygen atoms in total. The maximum atomic E-state index is 4.13. The van der Waals surface area contributed by atoms with Crippen molar-refractivity contribution in [3.63, 3.8) is 0 Å². The van der Waals surface area contributed by atoms with Crippen LogP contribution in [0.4, 0.5) is 0 Å². The van der Waals surface area contributed by atoms with Gasteiger partial charge in [0.15, 0.2) is 0 Å².